The van der Waals surface area contributed by atoms with Gasteiger partial charge in [0.1, 0.15) is 23.9 Å². The zero-order valence-corrected chi connectivity index (χ0v) is 23.0. The number of anilines is 1. The van der Waals surface area contributed by atoms with E-state index in [2.05, 4.69) is 31.3 Å². The predicted molar refractivity (Wildman–Crippen MR) is 142 cm³/mol. The number of alkyl halides is 2. The summed E-state index contributed by atoms with van der Waals surface area (Å²) in [5.74, 6) is 0.231. The molecule has 1 saturated heterocycles. The van der Waals surface area contributed by atoms with Gasteiger partial charge in [-0.05, 0) is 32.9 Å². The Balaban J connectivity index is 1.64. The largest absolute Gasteiger partial charge is 0.421 e. The molecule has 14 heteroatoms. The van der Waals surface area contributed by atoms with Gasteiger partial charge < -0.3 is 14.2 Å². The average molecular weight is 561 g/mol. The van der Waals surface area contributed by atoms with Crippen LogP contribution in [0.25, 0.3) is 33.6 Å². The summed E-state index contributed by atoms with van der Waals surface area (Å²) in [7, 11) is 1.68. The molecule has 0 unspecified atom stereocenters. The zero-order valence-electron chi connectivity index (χ0n) is 23.0. The van der Waals surface area contributed by atoms with Crippen LogP contribution in [0.4, 0.5) is 14.6 Å². The van der Waals surface area contributed by atoms with Crippen molar-refractivity contribution in [2.24, 2.45) is 12.5 Å². The molecular weight excluding hydrogens is 534 g/mol. The topological polar surface area (TPSA) is 154 Å². The van der Waals surface area contributed by atoms with Crippen LogP contribution in [0.5, 0.6) is 0 Å². The molecule has 5 rings (SSSR count). The number of hydrogen-bond acceptors (Lipinski definition) is 10. The van der Waals surface area contributed by atoms with Crippen LogP contribution in [0.1, 0.15) is 32.4 Å². The lowest BCUT2D eigenvalue weighted by Gasteiger charge is -2.46. The fourth-order valence-electron chi connectivity index (χ4n) is 5.06. The molecule has 4 heterocycles. The van der Waals surface area contributed by atoms with Crippen LogP contribution >= 0.6 is 0 Å². The minimum atomic E-state index is -3.13. The molecule has 1 aliphatic heterocycles. The molecule has 0 radical (unpaired) electrons. The Morgan fingerprint density at radius 3 is 2.49 bits per heavy atom. The number of carbonyl (C=O) groups is 1. The number of hydrogen-bond donors (Lipinski definition) is 0. The molecule has 1 amide bonds. The van der Waals surface area contributed by atoms with Gasteiger partial charge in [-0.15, -0.1) is 10.2 Å². The number of halogens is 2. The number of nitriles is 2. The highest BCUT2D eigenvalue weighted by Crippen LogP contribution is 2.40. The molecule has 1 aromatic carbocycles. The van der Waals surface area contributed by atoms with Gasteiger partial charge in [0.05, 0.1) is 28.2 Å². The molecule has 0 bridgehead atoms. The molecule has 3 aromatic heterocycles. The van der Waals surface area contributed by atoms with E-state index in [0.717, 1.165) is 6.92 Å². The number of aryl methyl sites for hydroxylation is 2. The molecule has 3 atom stereocenters. The van der Waals surface area contributed by atoms with Crippen molar-refractivity contribution in [2.75, 3.05) is 18.0 Å². The van der Waals surface area contributed by atoms with Crippen molar-refractivity contribution >= 4 is 22.6 Å². The van der Waals surface area contributed by atoms with Gasteiger partial charge in [-0.3, -0.25) is 9.48 Å². The second-order valence-electron chi connectivity index (χ2n) is 10.3. The Kier molecular flexibility index (Phi) is 6.87. The molecule has 12 nitrogen and oxygen atoms in total. The number of rotatable bonds is 5. The van der Waals surface area contributed by atoms with E-state index in [1.54, 1.807) is 33.0 Å². The maximum Gasteiger partial charge on any atom is 0.265 e. The highest BCUT2D eigenvalue weighted by atomic mass is 19.3. The summed E-state index contributed by atoms with van der Waals surface area (Å²) < 4.78 is 34.7. The molecule has 41 heavy (non-hydrogen) atoms. The van der Waals surface area contributed by atoms with Gasteiger partial charge in [-0.1, -0.05) is 0 Å². The number of fused-ring (bicyclic) bond motifs is 1. The first-order chi connectivity index (χ1) is 19.5. The van der Waals surface area contributed by atoms with E-state index >= 15 is 0 Å². The van der Waals surface area contributed by atoms with E-state index in [1.165, 1.54) is 22.0 Å². The highest BCUT2D eigenvalue weighted by molar-refractivity contribution is 6.07. The van der Waals surface area contributed by atoms with E-state index in [1.807, 2.05) is 17.9 Å². The van der Waals surface area contributed by atoms with Crippen LogP contribution in [0.15, 0.2) is 28.9 Å². The lowest BCUT2D eigenvalue weighted by Crippen LogP contribution is -2.61. The molecule has 0 aliphatic carbocycles. The van der Waals surface area contributed by atoms with Crippen LogP contribution < -0.4 is 4.90 Å². The second kappa shape index (κ2) is 10.2. The SMILES string of the molecule is Cc1nnc(-c2ccc(-c3cc(C#N)n(C)n3)c3ncnc(N4C[C@@H](C)N(C(=O)[C@](C)(C#N)C(F)F)C[C@@H]4C)c23)o1. The third-order valence-corrected chi connectivity index (χ3v) is 7.43. The van der Waals surface area contributed by atoms with Crippen molar-refractivity contribution in [3.63, 3.8) is 0 Å². The van der Waals surface area contributed by atoms with Crippen LogP contribution in [-0.2, 0) is 11.8 Å². The minimum Gasteiger partial charge on any atom is -0.421 e. The molecule has 210 valence electrons. The predicted octanol–water partition coefficient (Wildman–Crippen LogP) is 3.48. The summed E-state index contributed by atoms with van der Waals surface area (Å²) in [5.41, 5.74) is 0.211. The Morgan fingerprint density at radius 2 is 1.88 bits per heavy atom. The van der Waals surface area contributed by atoms with Gasteiger partial charge in [-0.2, -0.15) is 15.6 Å². The summed E-state index contributed by atoms with van der Waals surface area (Å²) in [4.78, 5) is 25.6. The Morgan fingerprint density at radius 1 is 1.15 bits per heavy atom. The van der Waals surface area contributed by atoms with Crippen LogP contribution in [0.2, 0.25) is 0 Å². The fraction of sp³-hybridized carbons (Fsp3) is 0.407. The van der Waals surface area contributed by atoms with Crippen LogP contribution in [0, 0.1) is 35.0 Å². The maximum atomic E-state index is 13.7. The molecule has 0 spiro atoms. The molecule has 0 saturated carbocycles. The van der Waals surface area contributed by atoms with Crippen molar-refractivity contribution < 1.29 is 18.0 Å². The first-order valence-corrected chi connectivity index (χ1v) is 12.8. The average Bonchev–Trinajstić information content (AvgIpc) is 3.56. The standard InChI is InChI=1S/C27H26F2N10O2/c1-14-11-39(26(40)27(4,12-31)25(28)29)15(2)10-38(14)23-21-19(24-35-34-16(3)41-24)7-6-18(22(21)32-13-33-23)20-8-17(9-30)37(5)36-20/h6-8,13-15,25H,10-11H2,1-5H3/t14-,15+,27+/m0/s1. The van der Waals surface area contributed by atoms with Crippen molar-refractivity contribution in [3.05, 3.63) is 36.1 Å². The normalized spacial score (nSPS) is 18.8. The van der Waals surface area contributed by atoms with Crippen molar-refractivity contribution in [3.8, 4) is 34.8 Å². The van der Waals surface area contributed by atoms with E-state index < -0.39 is 23.8 Å². The molecule has 0 N–H and O–H groups in total. The van der Waals surface area contributed by atoms with Gasteiger partial charge in [-0.25, -0.2) is 18.7 Å². The highest BCUT2D eigenvalue weighted by Gasteiger charge is 2.48. The van der Waals surface area contributed by atoms with Gasteiger partial charge in [0.25, 0.3) is 6.43 Å². The minimum absolute atomic E-state index is 0.0932. The quantitative estimate of drug-likeness (QED) is 0.354. The number of amides is 1. The summed E-state index contributed by atoms with van der Waals surface area (Å²) in [6.45, 7) is 6.58. The number of carbonyl (C=O) groups excluding carboxylic acids is 1. The summed E-state index contributed by atoms with van der Waals surface area (Å²) in [6, 6.07) is 8.02. The number of piperazine rings is 1. The van der Waals surface area contributed by atoms with Gasteiger partial charge in [0, 0.05) is 50.8 Å². The first kappa shape index (κ1) is 27.6. The first-order valence-electron chi connectivity index (χ1n) is 12.8. The Labute approximate surface area is 233 Å². The van der Waals surface area contributed by atoms with Gasteiger partial charge >= 0.3 is 0 Å². The van der Waals surface area contributed by atoms with E-state index in [0.29, 0.717) is 45.1 Å². The van der Waals surface area contributed by atoms with E-state index in [9.17, 15) is 24.1 Å². The van der Waals surface area contributed by atoms with Crippen molar-refractivity contribution in [2.45, 2.75) is 46.2 Å². The van der Waals surface area contributed by atoms with Crippen LogP contribution in [-0.4, -0.2) is 72.4 Å². The Bertz CT molecular complexity index is 1740. The number of nitrogens with zero attached hydrogens (tertiary/aromatic N) is 10. The number of benzene rings is 1. The molecule has 1 aliphatic rings. The third kappa shape index (κ3) is 4.51. The van der Waals surface area contributed by atoms with Gasteiger partial charge in [0.2, 0.25) is 17.7 Å². The summed E-state index contributed by atoms with van der Waals surface area (Å²) in [5, 5.41) is 32.1. The van der Waals surface area contributed by atoms with Gasteiger partial charge in [0.15, 0.2) is 5.41 Å². The summed E-state index contributed by atoms with van der Waals surface area (Å²) in [6.07, 6.45) is -1.71. The van der Waals surface area contributed by atoms with Crippen molar-refractivity contribution in [1.29, 1.82) is 10.5 Å². The van der Waals surface area contributed by atoms with E-state index in [4.69, 9.17) is 4.42 Å². The smallest absolute Gasteiger partial charge is 0.265 e. The van der Waals surface area contributed by atoms with Crippen molar-refractivity contribution in [1.82, 2.24) is 34.8 Å². The zero-order chi connectivity index (χ0) is 29.6. The summed E-state index contributed by atoms with van der Waals surface area (Å²) >= 11 is 0. The number of aromatic nitrogens is 6. The lowest BCUT2D eigenvalue weighted by molar-refractivity contribution is -0.148. The molecular formula is C27H26F2N10O2. The maximum absolute atomic E-state index is 13.7. The monoisotopic (exact) mass is 560 g/mol. The lowest BCUT2D eigenvalue weighted by atomic mass is 9.89. The third-order valence-electron chi connectivity index (χ3n) is 7.43. The van der Waals surface area contributed by atoms with E-state index in [-0.39, 0.29) is 25.0 Å². The van der Waals surface area contributed by atoms with Crippen LogP contribution in [0.3, 0.4) is 0 Å². The Hall–Kier alpha value is -4.98. The second-order valence-corrected chi connectivity index (χ2v) is 10.3. The molecule has 1 fully saturated rings. The fourth-order valence-corrected chi connectivity index (χ4v) is 5.06. The molecule has 4 aromatic rings.